The molecule has 3 heterocycles. The molecule has 30 heavy (non-hydrogen) atoms. The van der Waals surface area contributed by atoms with Gasteiger partial charge >= 0.3 is 0 Å². The molecule has 1 amide bonds. The summed E-state index contributed by atoms with van der Waals surface area (Å²) in [7, 11) is 0. The Hall–Kier alpha value is -2.38. The SMILES string of the molecule is C[C@H]1C[C@H](C)CN(C(=O)CSc2nnc(-c3ccncc3)n2-c2ccc(Cl)cc2)C1. The van der Waals surface area contributed by atoms with E-state index in [-0.39, 0.29) is 5.91 Å². The molecular formula is C22H24ClN5OS. The van der Waals surface area contributed by atoms with Crippen LogP contribution in [-0.4, -0.2) is 49.4 Å². The second kappa shape index (κ2) is 9.18. The molecule has 4 rings (SSSR count). The Bertz CT molecular complexity index is 998. The van der Waals surface area contributed by atoms with Gasteiger partial charge in [0.25, 0.3) is 0 Å². The summed E-state index contributed by atoms with van der Waals surface area (Å²) in [5, 5.41) is 10.1. The lowest BCUT2D eigenvalue weighted by molar-refractivity contribution is -0.130. The smallest absolute Gasteiger partial charge is 0.233 e. The van der Waals surface area contributed by atoms with Gasteiger partial charge in [0.1, 0.15) is 0 Å². The fourth-order valence-electron chi connectivity index (χ4n) is 3.96. The molecule has 156 valence electrons. The van der Waals surface area contributed by atoms with Gasteiger partial charge in [-0.3, -0.25) is 14.3 Å². The highest BCUT2D eigenvalue weighted by Crippen LogP contribution is 2.29. The average Bonchev–Trinajstić information content (AvgIpc) is 3.16. The Labute approximate surface area is 185 Å². The minimum Gasteiger partial charge on any atom is -0.341 e. The molecule has 0 saturated carbocycles. The third kappa shape index (κ3) is 4.68. The Morgan fingerprint density at radius 1 is 1.07 bits per heavy atom. The highest BCUT2D eigenvalue weighted by molar-refractivity contribution is 7.99. The summed E-state index contributed by atoms with van der Waals surface area (Å²) in [6.07, 6.45) is 4.63. The summed E-state index contributed by atoms with van der Waals surface area (Å²) < 4.78 is 1.96. The first-order chi connectivity index (χ1) is 14.5. The van der Waals surface area contributed by atoms with Crippen LogP contribution in [0.3, 0.4) is 0 Å². The van der Waals surface area contributed by atoms with Gasteiger partial charge in [-0.1, -0.05) is 37.2 Å². The van der Waals surface area contributed by atoms with Crippen LogP contribution in [0.4, 0.5) is 0 Å². The summed E-state index contributed by atoms with van der Waals surface area (Å²) >= 11 is 7.49. The van der Waals surface area contributed by atoms with E-state index in [0.29, 0.717) is 33.6 Å². The zero-order chi connectivity index (χ0) is 21.1. The molecule has 3 aromatic rings. The summed E-state index contributed by atoms with van der Waals surface area (Å²) in [5.41, 5.74) is 1.80. The van der Waals surface area contributed by atoms with Crippen molar-refractivity contribution in [3.63, 3.8) is 0 Å². The summed E-state index contributed by atoms with van der Waals surface area (Å²) in [6.45, 7) is 6.08. The first-order valence-corrected chi connectivity index (χ1v) is 11.4. The van der Waals surface area contributed by atoms with E-state index in [4.69, 9.17) is 11.6 Å². The van der Waals surface area contributed by atoms with Crippen molar-refractivity contribution in [3.05, 3.63) is 53.8 Å². The third-order valence-corrected chi connectivity index (χ3v) is 6.37. The van der Waals surface area contributed by atoms with Gasteiger partial charge in [-0.2, -0.15) is 0 Å². The van der Waals surface area contributed by atoms with Crippen molar-refractivity contribution in [2.45, 2.75) is 25.4 Å². The van der Waals surface area contributed by atoms with Crippen LogP contribution in [0.25, 0.3) is 17.1 Å². The van der Waals surface area contributed by atoms with Crippen LogP contribution in [0, 0.1) is 11.8 Å². The molecule has 0 radical (unpaired) electrons. The topological polar surface area (TPSA) is 63.9 Å². The van der Waals surface area contributed by atoms with E-state index in [2.05, 4.69) is 29.0 Å². The second-order valence-corrected chi connectivity index (χ2v) is 9.27. The van der Waals surface area contributed by atoms with Crippen LogP contribution in [0.2, 0.25) is 5.02 Å². The quantitative estimate of drug-likeness (QED) is 0.542. The number of rotatable bonds is 5. The van der Waals surface area contributed by atoms with Crippen LogP contribution in [0.15, 0.2) is 53.9 Å². The molecule has 0 spiro atoms. The maximum atomic E-state index is 12.9. The molecule has 6 nitrogen and oxygen atoms in total. The van der Waals surface area contributed by atoms with Crippen LogP contribution in [-0.2, 0) is 4.79 Å². The van der Waals surface area contributed by atoms with Crippen molar-refractivity contribution in [1.82, 2.24) is 24.6 Å². The van der Waals surface area contributed by atoms with Crippen molar-refractivity contribution >= 4 is 29.3 Å². The highest BCUT2D eigenvalue weighted by Gasteiger charge is 2.26. The largest absolute Gasteiger partial charge is 0.341 e. The Morgan fingerprint density at radius 2 is 1.73 bits per heavy atom. The van der Waals surface area contributed by atoms with Crippen LogP contribution >= 0.6 is 23.4 Å². The number of pyridine rings is 1. The predicted octanol–water partition coefficient (Wildman–Crippen LogP) is 4.58. The van der Waals surface area contributed by atoms with E-state index in [9.17, 15) is 4.79 Å². The average molecular weight is 442 g/mol. The van der Waals surface area contributed by atoms with Crippen molar-refractivity contribution in [3.8, 4) is 17.1 Å². The molecule has 1 aliphatic heterocycles. The van der Waals surface area contributed by atoms with Crippen LogP contribution < -0.4 is 0 Å². The first kappa shape index (κ1) is 20.9. The van der Waals surface area contributed by atoms with Gasteiger partial charge in [-0.15, -0.1) is 10.2 Å². The molecule has 2 atom stereocenters. The number of nitrogens with zero attached hydrogens (tertiary/aromatic N) is 5. The number of thioether (sulfide) groups is 1. The molecule has 0 N–H and O–H groups in total. The van der Waals surface area contributed by atoms with Crippen LogP contribution in [0.1, 0.15) is 20.3 Å². The molecule has 1 saturated heterocycles. The van der Waals surface area contributed by atoms with Gasteiger partial charge in [0.2, 0.25) is 5.91 Å². The molecule has 0 aliphatic carbocycles. The third-order valence-electron chi connectivity index (χ3n) is 5.20. The van der Waals surface area contributed by atoms with Crippen molar-refractivity contribution in [2.75, 3.05) is 18.8 Å². The number of carbonyl (C=O) groups is 1. The lowest BCUT2D eigenvalue weighted by atomic mass is 9.92. The Balaban J connectivity index is 1.59. The summed E-state index contributed by atoms with van der Waals surface area (Å²) in [5.74, 6) is 2.27. The van der Waals surface area contributed by atoms with Crippen molar-refractivity contribution < 1.29 is 4.79 Å². The number of hydrogen-bond acceptors (Lipinski definition) is 5. The predicted molar refractivity (Wildman–Crippen MR) is 120 cm³/mol. The summed E-state index contributed by atoms with van der Waals surface area (Å²) in [4.78, 5) is 18.9. The Morgan fingerprint density at radius 3 is 2.40 bits per heavy atom. The number of carbonyl (C=O) groups excluding carboxylic acids is 1. The lowest BCUT2D eigenvalue weighted by Crippen LogP contribution is -2.43. The Kier molecular flexibility index (Phi) is 6.39. The molecule has 1 aromatic carbocycles. The van der Waals surface area contributed by atoms with Gasteiger partial charge in [-0.25, -0.2) is 0 Å². The molecule has 0 unspecified atom stereocenters. The first-order valence-electron chi connectivity index (χ1n) is 10.0. The molecule has 8 heteroatoms. The fourth-order valence-corrected chi connectivity index (χ4v) is 4.94. The van der Waals surface area contributed by atoms with E-state index < -0.39 is 0 Å². The lowest BCUT2D eigenvalue weighted by Gasteiger charge is -2.34. The number of aromatic nitrogens is 4. The van der Waals surface area contributed by atoms with E-state index in [1.54, 1.807) is 12.4 Å². The maximum Gasteiger partial charge on any atom is 0.233 e. The number of likely N-dealkylation sites (tertiary alicyclic amines) is 1. The minimum absolute atomic E-state index is 0.148. The van der Waals surface area contributed by atoms with Crippen molar-refractivity contribution in [2.24, 2.45) is 11.8 Å². The minimum atomic E-state index is 0.148. The standard InChI is InChI=1S/C22H24ClN5OS/c1-15-11-16(2)13-27(12-15)20(29)14-30-22-26-25-21(17-7-9-24-10-8-17)28(22)19-5-3-18(23)4-6-19/h3-10,15-16H,11-14H2,1-2H3/t15-,16-/m0/s1. The van der Waals surface area contributed by atoms with Gasteiger partial charge < -0.3 is 4.90 Å². The fraction of sp³-hybridized carbons (Fsp3) is 0.364. The highest BCUT2D eigenvalue weighted by atomic mass is 35.5. The number of hydrogen-bond donors (Lipinski definition) is 0. The number of benzene rings is 1. The molecule has 0 bridgehead atoms. The molecule has 2 aromatic heterocycles. The van der Waals surface area contributed by atoms with E-state index in [1.807, 2.05) is 45.9 Å². The molecule has 1 fully saturated rings. The number of amides is 1. The number of halogens is 1. The van der Waals surface area contributed by atoms with Gasteiger partial charge in [0.15, 0.2) is 11.0 Å². The van der Waals surface area contributed by atoms with Gasteiger partial charge in [0.05, 0.1) is 5.75 Å². The van der Waals surface area contributed by atoms with E-state index in [1.165, 1.54) is 18.2 Å². The van der Waals surface area contributed by atoms with E-state index >= 15 is 0 Å². The zero-order valence-corrected chi connectivity index (χ0v) is 18.6. The van der Waals surface area contributed by atoms with E-state index in [0.717, 1.165) is 24.3 Å². The molecular weight excluding hydrogens is 418 g/mol. The monoisotopic (exact) mass is 441 g/mol. The zero-order valence-electron chi connectivity index (χ0n) is 17.0. The second-order valence-electron chi connectivity index (χ2n) is 7.89. The van der Waals surface area contributed by atoms with Gasteiger partial charge in [0, 0.05) is 41.8 Å². The summed E-state index contributed by atoms with van der Waals surface area (Å²) in [6, 6.07) is 11.3. The maximum absolute atomic E-state index is 12.9. The van der Waals surface area contributed by atoms with Crippen molar-refractivity contribution in [1.29, 1.82) is 0 Å². The van der Waals surface area contributed by atoms with Gasteiger partial charge in [-0.05, 0) is 54.7 Å². The number of piperidine rings is 1. The van der Waals surface area contributed by atoms with Crippen LogP contribution in [0.5, 0.6) is 0 Å². The molecule has 1 aliphatic rings. The normalized spacial score (nSPS) is 19.1.